The van der Waals surface area contributed by atoms with Gasteiger partial charge >= 0.3 is 0 Å². The van der Waals surface area contributed by atoms with E-state index in [2.05, 4.69) is 26.1 Å². The van der Waals surface area contributed by atoms with Gasteiger partial charge in [-0.1, -0.05) is 26.8 Å². The molecular formula is C18H27NO3. The van der Waals surface area contributed by atoms with Crippen molar-refractivity contribution in [1.29, 1.82) is 0 Å². The Bertz CT molecular complexity index is 509. The summed E-state index contributed by atoms with van der Waals surface area (Å²) < 4.78 is 10.9. The topological polar surface area (TPSA) is 47.6 Å². The van der Waals surface area contributed by atoms with Crippen LogP contribution >= 0.6 is 0 Å². The third kappa shape index (κ3) is 5.80. The molecule has 0 saturated heterocycles. The minimum absolute atomic E-state index is 0.0912. The standard InChI is InChI=1S/C18H27NO3/c1-6-11-22-16-9-7-15(12-17(16)21-5)8-10-18(20)19-14(4)13(2)3/h7-10,12-14H,6,11H2,1-5H3,(H,19,20)/b10-8+. The molecule has 0 heterocycles. The van der Waals surface area contributed by atoms with Crippen LogP contribution in [0.4, 0.5) is 0 Å². The minimum atomic E-state index is -0.0912. The molecule has 1 N–H and O–H groups in total. The Labute approximate surface area is 133 Å². The molecule has 1 rings (SSSR count). The maximum absolute atomic E-state index is 11.8. The molecule has 0 spiro atoms. The summed E-state index contributed by atoms with van der Waals surface area (Å²) in [5.41, 5.74) is 0.896. The average molecular weight is 305 g/mol. The summed E-state index contributed by atoms with van der Waals surface area (Å²) in [7, 11) is 1.61. The van der Waals surface area contributed by atoms with E-state index in [9.17, 15) is 4.79 Å². The highest BCUT2D eigenvalue weighted by molar-refractivity contribution is 5.92. The summed E-state index contributed by atoms with van der Waals surface area (Å²) in [6.45, 7) is 8.86. The number of hydrogen-bond donors (Lipinski definition) is 1. The lowest BCUT2D eigenvalue weighted by Crippen LogP contribution is -2.34. The Morgan fingerprint density at radius 1 is 1.27 bits per heavy atom. The van der Waals surface area contributed by atoms with Gasteiger partial charge in [-0.2, -0.15) is 0 Å². The third-order valence-electron chi connectivity index (χ3n) is 3.45. The van der Waals surface area contributed by atoms with Crippen molar-refractivity contribution in [3.63, 3.8) is 0 Å². The highest BCUT2D eigenvalue weighted by Crippen LogP contribution is 2.28. The van der Waals surface area contributed by atoms with Crippen LogP contribution in [0.1, 0.15) is 39.7 Å². The van der Waals surface area contributed by atoms with Gasteiger partial charge in [-0.15, -0.1) is 0 Å². The van der Waals surface area contributed by atoms with E-state index in [1.807, 2.05) is 25.1 Å². The molecule has 0 aliphatic rings. The second-order valence-corrected chi connectivity index (χ2v) is 5.63. The number of rotatable bonds is 8. The highest BCUT2D eigenvalue weighted by atomic mass is 16.5. The van der Waals surface area contributed by atoms with Crippen LogP contribution in [0.3, 0.4) is 0 Å². The van der Waals surface area contributed by atoms with Crippen LogP contribution in [0.2, 0.25) is 0 Å². The van der Waals surface area contributed by atoms with Crippen LogP contribution in [0.15, 0.2) is 24.3 Å². The molecule has 4 heteroatoms. The molecule has 4 nitrogen and oxygen atoms in total. The van der Waals surface area contributed by atoms with Crippen molar-refractivity contribution in [3.05, 3.63) is 29.8 Å². The zero-order valence-corrected chi connectivity index (χ0v) is 14.2. The van der Waals surface area contributed by atoms with Gasteiger partial charge in [0.25, 0.3) is 0 Å². The number of amides is 1. The van der Waals surface area contributed by atoms with Crippen LogP contribution in [0, 0.1) is 5.92 Å². The van der Waals surface area contributed by atoms with Crippen LogP contribution < -0.4 is 14.8 Å². The summed E-state index contributed by atoms with van der Waals surface area (Å²) in [5, 5.41) is 2.94. The number of hydrogen-bond acceptors (Lipinski definition) is 3. The lowest BCUT2D eigenvalue weighted by atomic mass is 10.1. The molecule has 0 fully saturated rings. The van der Waals surface area contributed by atoms with Gasteiger partial charge in [0.1, 0.15) is 0 Å². The monoisotopic (exact) mass is 305 g/mol. The van der Waals surface area contributed by atoms with Gasteiger partial charge < -0.3 is 14.8 Å². The fourth-order valence-corrected chi connectivity index (χ4v) is 1.73. The first-order valence-corrected chi connectivity index (χ1v) is 7.77. The van der Waals surface area contributed by atoms with E-state index in [0.717, 1.165) is 17.7 Å². The van der Waals surface area contributed by atoms with Crippen LogP contribution in [-0.2, 0) is 4.79 Å². The quantitative estimate of drug-likeness (QED) is 0.746. The molecule has 22 heavy (non-hydrogen) atoms. The summed E-state index contributed by atoms with van der Waals surface area (Å²) in [6.07, 6.45) is 4.26. The van der Waals surface area contributed by atoms with Crippen LogP contribution in [-0.4, -0.2) is 25.7 Å². The maximum atomic E-state index is 11.8. The first kappa shape index (κ1) is 18.1. The molecule has 0 aromatic heterocycles. The van der Waals surface area contributed by atoms with E-state index in [4.69, 9.17) is 9.47 Å². The second-order valence-electron chi connectivity index (χ2n) is 5.63. The summed E-state index contributed by atoms with van der Waals surface area (Å²) >= 11 is 0. The Morgan fingerprint density at radius 2 is 2.00 bits per heavy atom. The Hall–Kier alpha value is -1.97. The second kappa shape index (κ2) is 9.13. The van der Waals surface area contributed by atoms with Crippen molar-refractivity contribution < 1.29 is 14.3 Å². The lowest BCUT2D eigenvalue weighted by molar-refractivity contribution is -0.117. The molecule has 0 aliphatic carbocycles. The van der Waals surface area contributed by atoms with E-state index in [0.29, 0.717) is 18.3 Å². The molecule has 0 radical (unpaired) electrons. The number of carbonyl (C=O) groups is 1. The van der Waals surface area contributed by atoms with Gasteiger partial charge in [-0.05, 0) is 43.0 Å². The van der Waals surface area contributed by atoms with Crippen molar-refractivity contribution in [2.75, 3.05) is 13.7 Å². The van der Waals surface area contributed by atoms with Crippen molar-refractivity contribution in [3.8, 4) is 11.5 Å². The zero-order valence-electron chi connectivity index (χ0n) is 14.2. The molecule has 0 bridgehead atoms. The van der Waals surface area contributed by atoms with E-state index >= 15 is 0 Å². The molecule has 1 aromatic carbocycles. The number of methoxy groups -OCH3 is 1. The normalized spacial score (nSPS) is 12.5. The largest absolute Gasteiger partial charge is 0.493 e. The van der Waals surface area contributed by atoms with Crippen molar-refractivity contribution in [2.24, 2.45) is 5.92 Å². The molecule has 122 valence electrons. The van der Waals surface area contributed by atoms with Crippen molar-refractivity contribution in [2.45, 2.75) is 40.2 Å². The van der Waals surface area contributed by atoms with E-state index < -0.39 is 0 Å². The Kier molecular flexibility index (Phi) is 7.50. The minimum Gasteiger partial charge on any atom is -0.493 e. The van der Waals surface area contributed by atoms with Crippen molar-refractivity contribution >= 4 is 12.0 Å². The van der Waals surface area contributed by atoms with Gasteiger partial charge in [0.05, 0.1) is 13.7 Å². The number of carbonyl (C=O) groups excluding carboxylic acids is 1. The maximum Gasteiger partial charge on any atom is 0.244 e. The molecule has 0 aliphatic heterocycles. The third-order valence-corrected chi connectivity index (χ3v) is 3.45. The predicted octanol–water partition coefficient (Wildman–Crippen LogP) is 3.66. The summed E-state index contributed by atoms with van der Waals surface area (Å²) in [6, 6.07) is 5.78. The predicted molar refractivity (Wildman–Crippen MR) is 90.3 cm³/mol. The number of nitrogens with one attached hydrogen (secondary N) is 1. The summed E-state index contributed by atoms with van der Waals surface area (Å²) in [4.78, 5) is 11.8. The van der Waals surface area contributed by atoms with Crippen LogP contribution in [0.5, 0.6) is 11.5 Å². The first-order valence-electron chi connectivity index (χ1n) is 7.77. The van der Waals surface area contributed by atoms with Gasteiger partial charge in [0.2, 0.25) is 5.91 Å². The Balaban J connectivity index is 2.73. The fourth-order valence-electron chi connectivity index (χ4n) is 1.73. The van der Waals surface area contributed by atoms with Crippen molar-refractivity contribution in [1.82, 2.24) is 5.32 Å². The molecule has 0 saturated carbocycles. The molecule has 1 aromatic rings. The Morgan fingerprint density at radius 3 is 2.59 bits per heavy atom. The first-order chi connectivity index (χ1) is 10.5. The smallest absolute Gasteiger partial charge is 0.244 e. The highest BCUT2D eigenvalue weighted by Gasteiger charge is 2.08. The van der Waals surface area contributed by atoms with E-state index in [1.165, 1.54) is 0 Å². The SMILES string of the molecule is CCCOc1ccc(/C=C/C(=O)NC(C)C(C)C)cc1OC. The van der Waals surface area contributed by atoms with Crippen LogP contribution in [0.25, 0.3) is 6.08 Å². The molecule has 1 unspecified atom stereocenters. The molecule has 1 amide bonds. The fraction of sp³-hybridized carbons (Fsp3) is 0.500. The van der Waals surface area contributed by atoms with E-state index in [1.54, 1.807) is 19.3 Å². The molecule has 1 atom stereocenters. The number of ether oxygens (including phenoxy) is 2. The number of benzene rings is 1. The van der Waals surface area contributed by atoms with Gasteiger partial charge in [-0.25, -0.2) is 0 Å². The molecular weight excluding hydrogens is 278 g/mol. The zero-order chi connectivity index (χ0) is 16.5. The summed E-state index contributed by atoms with van der Waals surface area (Å²) in [5.74, 6) is 1.71. The average Bonchev–Trinajstić information content (AvgIpc) is 2.50. The van der Waals surface area contributed by atoms with E-state index in [-0.39, 0.29) is 11.9 Å². The van der Waals surface area contributed by atoms with Gasteiger partial charge in [-0.3, -0.25) is 4.79 Å². The van der Waals surface area contributed by atoms with Gasteiger partial charge in [0.15, 0.2) is 11.5 Å². The lowest BCUT2D eigenvalue weighted by Gasteiger charge is -2.15. The van der Waals surface area contributed by atoms with Gasteiger partial charge in [0, 0.05) is 12.1 Å².